The first kappa shape index (κ1) is 33.9. The Morgan fingerprint density at radius 1 is 0.333 bits per heavy atom. The third kappa shape index (κ3) is 4.84. The van der Waals surface area contributed by atoms with Crippen molar-refractivity contribution in [3.8, 4) is 44.5 Å². The third-order valence-electron chi connectivity index (χ3n) is 13.5. The molecule has 60 heavy (non-hydrogen) atoms. The summed E-state index contributed by atoms with van der Waals surface area (Å²) in [6.45, 7) is 4.78. The second-order valence-corrected chi connectivity index (χ2v) is 18.3. The van der Waals surface area contributed by atoms with E-state index in [1.807, 2.05) is 11.3 Å². The monoisotopic (exact) mass is 778 g/mol. The van der Waals surface area contributed by atoms with Gasteiger partial charge in [-0.1, -0.05) is 172 Å². The summed E-state index contributed by atoms with van der Waals surface area (Å²) in [6.07, 6.45) is 0. The second-order valence-electron chi connectivity index (χ2n) is 17.2. The Hall–Kier alpha value is -7.06. The standard InChI is InChI=1S/C59H38S/c1-59(2)53-18-10-9-13-45(53)50-27-28-51-52-33-44-32-40(22-23-41(44)34-54(52)60-58(51)57(50)59)37-20-21-39-31-43(26-24-38(39)29-37)56-48-16-7-5-14-46(48)55(47-15-6-8-17-49(47)56)42-25-19-35-11-3-4-12-36(35)30-42/h3-34H,1-2H3. The van der Waals surface area contributed by atoms with Gasteiger partial charge in [0, 0.05) is 25.6 Å². The molecule has 0 aliphatic heterocycles. The molecule has 0 unspecified atom stereocenters. The first-order valence-electron chi connectivity index (χ1n) is 21.0. The Balaban J connectivity index is 0.908. The summed E-state index contributed by atoms with van der Waals surface area (Å²) >= 11 is 1.96. The summed E-state index contributed by atoms with van der Waals surface area (Å²) in [5.74, 6) is 0. The molecule has 1 heterocycles. The normalized spacial score (nSPS) is 13.3. The van der Waals surface area contributed by atoms with E-state index in [4.69, 9.17) is 0 Å². The van der Waals surface area contributed by atoms with E-state index in [2.05, 4.69) is 208 Å². The van der Waals surface area contributed by atoms with Crippen LogP contribution >= 0.6 is 11.3 Å². The first-order chi connectivity index (χ1) is 29.5. The van der Waals surface area contributed by atoms with Gasteiger partial charge in [-0.05, 0) is 146 Å². The lowest BCUT2D eigenvalue weighted by atomic mass is 9.82. The average Bonchev–Trinajstić information content (AvgIpc) is 3.77. The molecular weight excluding hydrogens is 741 g/mol. The molecule has 1 aromatic heterocycles. The van der Waals surface area contributed by atoms with Crippen molar-refractivity contribution in [3.05, 3.63) is 205 Å². The maximum absolute atomic E-state index is 2.43. The van der Waals surface area contributed by atoms with Gasteiger partial charge in [-0.3, -0.25) is 0 Å². The van der Waals surface area contributed by atoms with Crippen LogP contribution in [0.25, 0.3) is 119 Å². The second kappa shape index (κ2) is 12.5. The first-order valence-corrected chi connectivity index (χ1v) is 21.8. The molecule has 0 atom stereocenters. The molecule has 1 aliphatic carbocycles. The predicted molar refractivity (Wildman–Crippen MR) is 261 cm³/mol. The van der Waals surface area contributed by atoms with E-state index in [0.717, 1.165) is 0 Å². The van der Waals surface area contributed by atoms with Crippen LogP contribution in [0.4, 0.5) is 0 Å². The van der Waals surface area contributed by atoms with Crippen molar-refractivity contribution in [2.45, 2.75) is 19.3 Å². The third-order valence-corrected chi connectivity index (χ3v) is 14.7. The van der Waals surface area contributed by atoms with Gasteiger partial charge < -0.3 is 0 Å². The molecule has 12 aromatic rings. The molecule has 280 valence electrons. The number of benzene rings is 11. The molecule has 0 N–H and O–H groups in total. The van der Waals surface area contributed by atoms with Crippen LogP contribution in [-0.2, 0) is 5.41 Å². The van der Waals surface area contributed by atoms with Crippen molar-refractivity contribution >= 4 is 85.4 Å². The maximum Gasteiger partial charge on any atom is 0.0402 e. The Morgan fingerprint density at radius 3 is 1.47 bits per heavy atom. The topological polar surface area (TPSA) is 0 Å². The molecule has 0 saturated carbocycles. The molecule has 1 aliphatic rings. The van der Waals surface area contributed by atoms with Crippen molar-refractivity contribution in [2.75, 3.05) is 0 Å². The summed E-state index contributed by atoms with van der Waals surface area (Å²) in [7, 11) is 0. The Bertz CT molecular complexity index is 3750. The van der Waals surface area contributed by atoms with Gasteiger partial charge in [-0.15, -0.1) is 11.3 Å². The lowest BCUT2D eigenvalue weighted by Gasteiger charge is -2.22. The van der Waals surface area contributed by atoms with Gasteiger partial charge in [0.15, 0.2) is 0 Å². The minimum Gasteiger partial charge on any atom is -0.135 e. The van der Waals surface area contributed by atoms with E-state index in [1.54, 1.807) is 0 Å². The van der Waals surface area contributed by atoms with E-state index in [1.165, 1.54) is 130 Å². The fourth-order valence-electron chi connectivity index (χ4n) is 10.7. The summed E-state index contributed by atoms with van der Waals surface area (Å²) in [5.41, 5.74) is 13.2. The van der Waals surface area contributed by atoms with Gasteiger partial charge >= 0.3 is 0 Å². The van der Waals surface area contributed by atoms with Crippen molar-refractivity contribution < 1.29 is 0 Å². The largest absolute Gasteiger partial charge is 0.135 e. The highest BCUT2D eigenvalue weighted by Gasteiger charge is 2.37. The van der Waals surface area contributed by atoms with Crippen molar-refractivity contribution in [2.24, 2.45) is 0 Å². The highest BCUT2D eigenvalue weighted by molar-refractivity contribution is 7.26. The number of fused-ring (bicyclic) bond motifs is 12. The molecule has 1 heteroatoms. The average molecular weight is 779 g/mol. The van der Waals surface area contributed by atoms with Gasteiger partial charge in [0.2, 0.25) is 0 Å². The van der Waals surface area contributed by atoms with Crippen LogP contribution in [0, 0.1) is 0 Å². The lowest BCUT2D eigenvalue weighted by molar-refractivity contribution is 0.667. The molecule has 0 fully saturated rings. The summed E-state index contributed by atoms with van der Waals surface area (Å²) in [4.78, 5) is 0. The minimum absolute atomic E-state index is 0.0274. The van der Waals surface area contributed by atoms with E-state index in [0.29, 0.717) is 0 Å². The van der Waals surface area contributed by atoms with Crippen LogP contribution in [0.15, 0.2) is 194 Å². The molecule has 11 aromatic carbocycles. The zero-order chi connectivity index (χ0) is 39.7. The van der Waals surface area contributed by atoms with Crippen LogP contribution in [0.2, 0.25) is 0 Å². The zero-order valence-corrected chi connectivity index (χ0v) is 34.2. The van der Waals surface area contributed by atoms with Crippen LogP contribution in [-0.4, -0.2) is 0 Å². The van der Waals surface area contributed by atoms with Crippen molar-refractivity contribution in [1.29, 1.82) is 0 Å². The number of thiophene rings is 1. The highest BCUT2D eigenvalue weighted by atomic mass is 32.1. The Morgan fingerprint density at radius 2 is 0.817 bits per heavy atom. The fourth-order valence-corrected chi connectivity index (χ4v) is 12.1. The van der Waals surface area contributed by atoms with Crippen LogP contribution in [0.5, 0.6) is 0 Å². The van der Waals surface area contributed by atoms with Gasteiger partial charge in [0.1, 0.15) is 0 Å². The molecule has 0 bridgehead atoms. The predicted octanol–water partition coefficient (Wildman–Crippen LogP) is 17.1. The maximum atomic E-state index is 2.43. The number of rotatable bonds is 3. The lowest BCUT2D eigenvalue weighted by Crippen LogP contribution is -2.14. The molecule has 0 spiro atoms. The van der Waals surface area contributed by atoms with E-state index in [-0.39, 0.29) is 5.41 Å². The van der Waals surface area contributed by atoms with Gasteiger partial charge in [0.05, 0.1) is 0 Å². The number of hydrogen-bond acceptors (Lipinski definition) is 1. The van der Waals surface area contributed by atoms with Gasteiger partial charge in [0.25, 0.3) is 0 Å². The highest BCUT2D eigenvalue weighted by Crippen LogP contribution is 2.54. The van der Waals surface area contributed by atoms with Crippen LogP contribution < -0.4 is 0 Å². The van der Waals surface area contributed by atoms with E-state index >= 15 is 0 Å². The molecule has 0 amide bonds. The van der Waals surface area contributed by atoms with E-state index in [9.17, 15) is 0 Å². The molecule has 13 rings (SSSR count). The fraction of sp³-hybridized carbons (Fsp3) is 0.0508. The van der Waals surface area contributed by atoms with Crippen molar-refractivity contribution in [1.82, 2.24) is 0 Å². The molecule has 0 radical (unpaired) electrons. The summed E-state index contributed by atoms with van der Waals surface area (Å²) in [6, 6.07) is 73.0. The Kier molecular flexibility index (Phi) is 7.04. The summed E-state index contributed by atoms with van der Waals surface area (Å²) < 4.78 is 2.78. The Labute approximate surface area is 352 Å². The minimum atomic E-state index is -0.0274. The van der Waals surface area contributed by atoms with Gasteiger partial charge in [-0.25, -0.2) is 0 Å². The van der Waals surface area contributed by atoms with Crippen LogP contribution in [0.3, 0.4) is 0 Å². The molecule has 0 saturated heterocycles. The van der Waals surface area contributed by atoms with Crippen molar-refractivity contribution in [3.63, 3.8) is 0 Å². The molecule has 0 nitrogen and oxygen atoms in total. The zero-order valence-electron chi connectivity index (χ0n) is 33.4. The van der Waals surface area contributed by atoms with Gasteiger partial charge in [-0.2, -0.15) is 0 Å². The number of hydrogen-bond donors (Lipinski definition) is 0. The SMILES string of the molecule is CC1(C)c2ccccc2-c2ccc3c(sc4cc5ccc(-c6ccc7cc(-c8c9ccccc9c(-c9ccc%10ccccc%10c9)c9ccccc89)ccc7c6)cc5cc43)c21. The summed E-state index contributed by atoms with van der Waals surface area (Å²) in [5, 5.41) is 15.4. The quantitative estimate of drug-likeness (QED) is 0.157. The smallest absolute Gasteiger partial charge is 0.0402 e. The molecular formula is C59H38S. The van der Waals surface area contributed by atoms with Crippen LogP contribution in [0.1, 0.15) is 25.0 Å². The van der Waals surface area contributed by atoms with E-state index < -0.39 is 0 Å².